The van der Waals surface area contributed by atoms with Crippen LogP contribution >= 0.6 is 38.9 Å². The standard InChI is InChI=1S/C10H7BrClN3O2S/c1-17-7-3-5(11)2-6(4-7)13-8(16)9-14-15-10(12)18-9/h2-4H,1H3,(H,13,16). The van der Waals surface area contributed by atoms with Crippen LogP contribution in [0.4, 0.5) is 5.69 Å². The molecule has 0 fully saturated rings. The highest BCUT2D eigenvalue weighted by atomic mass is 79.9. The maximum atomic E-state index is 11.8. The third-order valence-electron chi connectivity index (χ3n) is 1.96. The Hall–Kier alpha value is -1.18. The monoisotopic (exact) mass is 347 g/mol. The predicted molar refractivity (Wildman–Crippen MR) is 73.6 cm³/mol. The quantitative estimate of drug-likeness (QED) is 0.925. The van der Waals surface area contributed by atoms with Crippen molar-refractivity contribution in [3.05, 3.63) is 32.1 Å². The first-order valence-corrected chi connectivity index (χ1v) is 6.72. The molecule has 1 aromatic heterocycles. The van der Waals surface area contributed by atoms with E-state index in [0.717, 1.165) is 15.8 Å². The van der Waals surface area contributed by atoms with E-state index in [4.69, 9.17) is 16.3 Å². The van der Waals surface area contributed by atoms with E-state index in [1.807, 2.05) is 0 Å². The minimum Gasteiger partial charge on any atom is -0.497 e. The number of anilines is 1. The molecule has 0 bridgehead atoms. The molecule has 2 rings (SSSR count). The van der Waals surface area contributed by atoms with Gasteiger partial charge in [-0.25, -0.2) is 0 Å². The lowest BCUT2D eigenvalue weighted by molar-refractivity contribution is 0.102. The van der Waals surface area contributed by atoms with E-state index >= 15 is 0 Å². The van der Waals surface area contributed by atoms with Crippen LogP contribution in [0.15, 0.2) is 22.7 Å². The summed E-state index contributed by atoms with van der Waals surface area (Å²) in [5, 5.41) is 10.1. The van der Waals surface area contributed by atoms with Crippen LogP contribution in [0.5, 0.6) is 5.75 Å². The number of halogens is 2. The average Bonchev–Trinajstić information content (AvgIpc) is 2.75. The third kappa shape index (κ3) is 3.18. The first-order chi connectivity index (χ1) is 8.58. The zero-order valence-electron chi connectivity index (χ0n) is 9.11. The first-order valence-electron chi connectivity index (χ1n) is 4.73. The summed E-state index contributed by atoms with van der Waals surface area (Å²) in [5.74, 6) is 0.273. The van der Waals surface area contributed by atoms with Gasteiger partial charge in [0.25, 0.3) is 5.91 Å². The Balaban J connectivity index is 2.18. The van der Waals surface area contributed by atoms with Crippen molar-refractivity contribution >= 4 is 50.5 Å². The molecule has 0 saturated heterocycles. The lowest BCUT2D eigenvalue weighted by Gasteiger charge is -2.06. The van der Waals surface area contributed by atoms with Crippen LogP contribution in [0.1, 0.15) is 9.80 Å². The molecule has 18 heavy (non-hydrogen) atoms. The van der Waals surface area contributed by atoms with Crippen LogP contribution in [0.2, 0.25) is 4.47 Å². The van der Waals surface area contributed by atoms with Crippen molar-refractivity contribution in [2.75, 3.05) is 12.4 Å². The molecule has 1 heterocycles. The minimum absolute atomic E-state index is 0.207. The Morgan fingerprint density at radius 1 is 1.44 bits per heavy atom. The lowest BCUT2D eigenvalue weighted by Crippen LogP contribution is -2.11. The zero-order valence-corrected chi connectivity index (χ0v) is 12.3. The van der Waals surface area contributed by atoms with Crippen molar-refractivity contribution in [3.63, 3.8) is 0 Å². The topological polar surface area (TPSA) is 64.1 Å². The van der Waals surface area contributed by atoms with Crippen molar-refractivity contribution in [1.82, 2.24) is 10.2 Å². The largest absolute Gasteiger partial charge is 0.497 e. The molecular formula is C10H7BrClN3O2S. The van der Waals surface area contributed by atoms with Crippen LogP contribution in [-0.4, -0.2) is 23.2 Å². The average molecular weight is 349 g/mol. The molecule has 0 aliphatic heterocycles. The summed E-state index contributed by atoms with van der Waals surface area (Å²) < 4.78 is 6.13. The van der Waals surface area contributed by atoms with Crippen molar-refractivity contribution in [3.8, 4) is 5.75 Å². The Bertz CT molecular complexity index is 590. The summed E-state index contributed by atoms with van der Waals surface area (Å²) in [4.78, 5) is 11.8. The van der Waals surface area contributed by atoms with Gasteiger partial charge in [-0.05, 0) is 23.7 Å². The van der Waals surface area contributed by atoms with Crippen molar-refractivity contribution in [2.45, 2.75) is 0 Å². The molecule has 94 valence electrons. The highest BCUT2D eigenvalue weighted by Crippen LogP contribution is 2.25. The van der Waals surface area contributed by atoms with Gasteiger partial charge >= 0.3 is 0 Å². The molecule has 2 aromatic rings. The fraction of sp³-hybridized carbons (Fsp3) is 0.100. The number of nitrogens with one attached hydrogen (secondary N) is 1. The molecule has 1 aromatic carbocycles. The Morgan fingerprint density at radius 2 is 2.22 bits per heavy atom. The van der Waals surface area contributed by atoms with Gasteiger partial charge in [0.15, 0.2) is 0 Å². The van der Waals surface area contributed by atoms with E-state index in [-0.39, 0.29) is 15.4 Å². The second kappa shape index (κ2) is 5.64. The second-order valence-electron chi connectivity index (χ2n) is 3.19. The maximum absolute atomic E-state index is 11.8. The number of rotatable bonds is 3. The number of hydrogen-bond donors (Lipinski definition) is 1. The minimum atomic E-state index is -0.362. The normalized spacial score (nSPS) is 10.2. The number of methoxy groups -OCH3 is 1. The summed E-state index contributed by atoms with van der Waals surface area (Å²) >= 11 is 9.96. The fourth-order valence-electron chi connectivity index (χ4n) is 1.23. The number of amides is 1. The number of ether oxygens (including phenoxy) is 1. The Kier molecular flexibility index (Phi) is 4.15. The van der Waals surface area contributed by atoms with Crippen molar-refractivity contribution < 1.29 is 9.53 Å². The van der Waals surface area contributed by atoms with Gasteiger partial charge in [0.2, 0.25) is 9.47 Å². The molecular weight excluding hydrogens is 342 g/mol. The molecule has 0 aliphatic rings. The van der Waals surface area contributed by atoms with Gasteiger partial charge < -0.3 is 10.1 Å². The number of aromatic nitrogens is 2. The van der Waals surface area contributed by atoms with Crippen molar-refractivity contribution in [2.24, 2.45) is 0 Å². The first kappa shape index (κ1) is 13.3. The molecule has 0 saturated carbocycles. The molecule has 0 spiro atoms. The summed E-state index contributed by atoms with van der Waals surface area (Å²) in [6, 6.07) is 5.24. The molecule has 0 radical (unpaired) electrons. The molecule has 8 heteroatoms. The second-order valence-corrected chi connectivity index (χ2v) is 5.67. The van der Waals surface area contributed by atoms with E-state index in [2.05, 4.69) is 31.4 Å². The van der Waals surface area contributed by atoms with Crippen LogP contribution in [0.25, 0.3) is 0 Å². The van der Waals surface area contributed by atoms with Gasteiger partial charge in [-0.3, -0.25) is 4.79 Å². The van der Waals surface area contributed by atoms with Crippen molar-refractivity contribution in [1.29, 1.82) is 0 Å². The molecule has 1 N–H and O–H groups in total. The summed E-state index contributed by atoms with van der Waals surface area (Å²) in [6.45, 7) is 0. The smallest absolute Gasteiger partial charge is 0.286 e. The SMILES string of the molecule is COc1cc(Br)cc(NC(=O)c2nnc(Cl)s2)c1. The van der Waals surface area contributed by atoms with E-state index in [0.29, 0.717) is 11.4 Å². The number of nitrogens with zero attached hydrogens (tertiary/aromatic N) is 2. The molecule has 5 nitrogen and oxygen atoms in total. The third-order valence-corrected chi connectivity index (χ3v) is 3.43. The molecule has 0 atom stereocenters. The van der Waals surface area contributed by atoms with Crippen LogP contribution in [-0.2, 0) is 0 Å². The van der Waals surface area contributed by atoms with Gasteiger partial charge in [-0.2, -0.15) is 0 Å². The highest BCUT2D eigenvalue weighted by molar-refractivity contribution is 9.10. The van der Waals surface area contributed by atoms with Gasteiger partial charge in [0.1, 0.15) is 5.75 Å². The summed E-state index contributed by atoms with van der Waals surface area (Å²) in [5.41, 5.74) is 0.595. The lowest BCUT2D eigenvalue weighted by atomic mass is 10.3. The molecule has 0 unspecified atom stereocenters. The number of carbonyl (C=O) groups excluding carboxylic acids is 1. The summed E-state index contributed by atoms with van der Waals surface area (Å²) in [6.07, 6.45) is 0. The molecule has 1 amide bonds. The number of carbonyl (C=O) groups is 1. The van der Waals surface area contributed by atoms with Gasteiger partial charge in [0.05, 0.1) is 7.11 Å². The molecule has 0 aliphatic carbocycles. The van der Waals surface area contributed by atoms with Gasteiger partial charge in [-0.1, -0.05) is 27.3 Å². The van der Waals surface area contributed by atoms with E-state index in [9.17, 15) is 4.79 Å². The predicted octanol–water partition coefficient (Wildman–Crippen LogP) is 3.21. The fourth-order valence-corrected chi connectivity index (χ4v) is 2.43. The summed E-state index contributed by atoms with van der Waals surface area (Å²) in [7, 11) is 1.55. The highest BCUT2D eigenvalue weighted by Gasteiger charge is 2.12. The maximum Gasteiger partial charge on any atom is 0.286 e. The zero-order chi connectivity index (χ0) is 13.1. The van der Waals surface area contributed by atoms with E-state index in [1.54, 1.807) is 25.3 Å². The van der Waals surface area contributed by atoms with Crippen LogP contribution < -0.4 is 10.1 Å². The number of hydrogen-bond acceptors (Lipinski definition) is 5. The Morgan fingerprint density at radius 3 is 2.83 bits per heavy atom. The Labute approximate surface area is 120 Å². The number of benzene rings is 1. The van der Waals surface area contributed by atoms with Crippen LogP contribution in [0.3, 0.4) is 0 Å². The van der Waals surface area contributed by atoms with E-state index in [1.165, 1.54) is 0 Å². The van der Waals surface area contributed by atoms with Gasteiger partial charge in [-0.15, -0.1) is 10.2 Å². The van der Waals surface area contributed by atoms with E-state index < -0.39 is 0 Å². The van der Waals surface area contributed by atoms with Crippen LogP contribution in [0, 0.1) is 0 Å². The van der Waals surface area contributed by atoms with Gasteiger partial charge in [0, 0.05) is 16.2 Å².